The summed E-state index contributed by atoms with van der Waals surface area (Å²) in [6.45, 7) is 0.575. The molecule has 0 aliphatic carbocycles. The molecule has 0 aliphatic heterocycles. The van der Waals surface area contributed by atoms with Crippen LogP contribution in [0.2, 0.25) is 0 Å². The summed E-state index contributed by atoms with van der Waals surface area (Å²) in [7, 11) is 1.59. The highest BCUT2D eigenvalue weighted by Gasteiger charge is 2.03. The van der Waals surface area contributed by atoms with Gasteiger partial charge in [-0.1, -0.05) is 6.07 Å². The quantitative estimate of drug-likeness (QED) is 0.884. The predicted molar refractivity (Wildman–Crippen MR) is 67.1 cm³/mol. The monoisotopic (exact) mass is 240 g/mol. The summed E-state index contributed by atoms with van der Waals surface area (Å²) in [6, 6.07) is 9.30. The van der Waals surface area contributed by atoms with E-state index >= 15 is 0 Å². The first-order valence-electron chi connectivity index (χ1n) is 5.41. The third-order valence-electron chi connectivity index (χ3n) is 2.40. The van der Waals surface area contributed by atoms with Gasteiger partial charge in [0.15, 0.2) is 0 Å². The van der Waals surface area contributed by atoms with Gasteiger partial charge in [0.2, 0.25) is 5.88 Å². The lowest BCUT2D eigenvalue weighted by molar-refractivity contribution is 0.393. The minimum absolute atomic E-state index is 0.387. The van der Waals surface area contributed by atoms with Crippen LogP contribution in [0.1, 0.15) is 11.3 Å². The largest absolute Gasteiger partial charge is 0.481 e. The number of ether oxygens (including phenoxy) is 1. The summed E-state index contributed by atoms with van der Waals surface area (Å²) in [5, 5.41) is 12.0. The van der Waals surface area contributed by atoms with Crippen LogP contribution in [0, 0.1) is 11.3 Å². The first-order valence-corrected chi connectivity index (χ1v) is 5.41. The number of nitriles is 1. The van der Waals surface area contributed by atoms with Gasteiger partial charge in [-0.15, -0.1) is 0 Å². The lowest BCUT2D eigenvalue weighted by atomic mass is 10.2. The highest BCUT2D eigenvalue weighted by molar-refractivity contribution is 5.46. The van der Waals surface area contributed by atoms with E-state index in [0.717, 1.165) is 11.3 Å². The van der Waals surface area contributed by atoms with Crippen molar-refractivity contribution in [2.45, 2.75) is 6.54 Å². The maximum Gasteiger partial charge on any atom is 0.218 e. The molecule has 5 heteroatoms. The topological polar surface area (TPSA) is 70.8 Å². The fourth-order valence-electron chi connectivity index (χ4n) is 1.54. The number of rotatable bonds is 4. The van der Waals surface area contributed by atoms with Crippen molar-refractivity contribution in [2.75, 3.05) is 12.4 Å². The Balaban J connectivity index is 2.09. The molecule has 0 aromatic carbocycles. The molecule has 0 saturated heterocycles. The molecule has 0 unspecified atom stereocenters. The second-order valence-electron chi connectivity index (χ2n) is 3.57. The molecule has 0 fully saturated rings. The first-order chi connectivity index (χ1) is 8.83. The van der Waals surface area contributed by atoms with Gasteiger partial charge in [0.1, 0.15) is 11.8 Å². The Morgan fingerprint density at radius 3 is 3.00 bits per heavy atom. The van der Waals surface area contributed by atoms with Gasteiger partial charge < -0.3 is 10.1 Å². The summed E-state index contributed by atoms with van der Waals surface area (Å²) < 4.78 is 5.16. The molecule has 2 aromatic heterocycles. The minimum Gasteiger partial charge on any atom is -0.481 e. The Labute approximate surface area is 105 Å². The molecule has 5 nitrogen and oxygen atoms in total. The minimum atomic E-state index is 0.387. The number of pyridine rings is 2. The molecule has 18 heavy (non-hydrogen) atoms. The smallest absolute Gasteiger partial charge is 0.218 e. The lowest BCUT2D eigenvalue weighted by Crippen LogP contribution is -2.03. The van der Waals surface area contributed by atoms with Crippen molar-refractivity contribution < 1.29 is 4.74 Å². The van der Waals surface area contributed by atoms with Crippen LogP contribution in [0.25, 0.3) is 0 Å². The number of nitrogens with one attached hydrogen (secondary N) is 1. The SMILES string of the molecule is COc1ncccc1CNc1ccnc(C#N)c1. The fraction of sp³-hybridized carbons (Fsp3) is 0.154. The molecule has 2 heterocycles. The van der Waals surface area contributed by atoms with Crippen LogP contribution in [0.15, 0.2) is 36.7 Å². The average Bonchev–Trinajstić information content (AvgIpc) is 2.45. The van der Waals surface area contributed by atoms with E-state index in [1.807, 2.05) is 24.3 Å². The number of aromatic nitrogens is 2. The summed E-state index contributed by atoms with van der Waals surface area (Å²) in [5.74, 6) is 0.597. The van der Waals surface area contributed by atoms with Gasteiger partial charge in [-0.25, -0.2) is 9.97 Å². The van der Waals surface area contributed by atoms with Crippen LogP contribution >= 0.6 is 0 Å². The standard InChI is InChI=1S/C13H12N4O/c1-18-13-10(3-2-5-16-13)9-17-11-4-6-15-12(7-11)8-14/h2-7H,9H2,1H3,(H,15,17). The molecular formula is C13H12N4O. The number of anilines is 1. The average molecular weight is 240 g/mol. The third-order valence-corrected chi connectivity index (χ3v) is 2.40. The van der Waals surface area contributed by atoms with Gasteiger partial charge in [0.05, 0.1) is 7.11 Å². The Bertz CT molecular complexity index is 577. The summed E-state index contributed by atoms with van der Waals surface area (Å²) in [5.41, 5.74) is 2.18. The zero-order valence-corrected chi connectivity index (χ0v) is 9.92. The zero-order chi connectivity index (χ0) is 12.8. The molecule has 0 amide bonds. The Morgan fingerprint density at radius 1 is 1.33 bits per heavy atom. The number of hydrogen-bond acceptors (Lipinski definition) is 5. The number of methoxy groups -OCH3 is 1. The van der Waals surface area contributed by atoms with Crippen molar-refractivity contribution in [1.82, 2.24) is 9.97 Å². The van der Waals surface area contributed by atoms with E-state index in [4.69, 9.17) is 10.00 Å². The molecular weight excluding hydrogens is 228 g/mol. The van der Waals surface area contributed by atoms with Crippen LogP contribution in [-0.4, -0.2) is 17.1 Å². The second-order valence-corrected chi connectivity index (χ2v) is 3.57. The maximum absolute atomic E-state index is 8.76. The molecule has 0 radical (unpaired) electrons. The highest BCUT2D eigenvalue weighted by Crippen LogP contribution is 2.16. The molecule has 0 atom stereocenters. The predicted octanol–water partition coefficient (Wildman–Crippen LogP) is 1.97. The molecule has 1 N–H and O–H groups in total. The molecule has 0 saturated carbocycles. The Kier molecular flexibility index (Phi) is 3.72. The molecule has 2 rings (SSSR count). The van der Waals surface area contributed by atoms with E-state index in [-0.39, 0.29) is 0 Å². The summed E-state index contributed by atoms with van der Waals surface area (Å²) in [6.07, 6.45) is 3.28. The van der Waals surface area contributed by atoms with Gasteiger partial charge in [-0.3, -0.25) is 0 Å². The highest BCUT2D eigenvalue weighted by atomic mass is 16.5. The van der Waals surface area contributed by atoms with Crippen LogP contribution in [0.3, 0.4) is 0 Å². The van der Waals surface area contributed by atoms with Gasteiger partial charge in [-0.2, -0.15) is 5.26 Å². The van der Waals surface area contributed by atoms with Crippen LogP contribution < -0.4 is 10.1 Å². The van der Waals surface area contributed by atoms with Crippen molar-refractivity contribution in [2.24, 2.45) is 0 Å². The third kappa shape index (κ3) is 2.74. The maximum atomic E-state index is 8.76. The fourth-order valence-corrected chi connectivity index (χ4v) is 1.54. The molecule has 2 aromatic rings. The molecule has 0 bridgehead atoms. The van der Waals surface area contributed by atoms with E-state index in [2.05, 4.69) is 15.3 Å². The van der Waals surface area contributed by atoms with Crippen molar-refractivity contribution in [3.05, 3.63) is 47.9 Å². The normalized spacial score (nSPS) is 9.56. The molecule has 90 valence electrons. The van der Waals surface area contributed by atoms with E-state index in [1.165, 1.54) is 0 Å². The Hall–Kier alpha value is -2.61. The van der Waals surface area contributed by atoms with E-state index in [9.17, 15) is 0 Å². The van der Waals surface area contributed by atoms with E-state index in [0.29, 0.717) is 18.1 Å². The summed E-state index contributed by atoms with van der Waals surface area (Å²) in [4.78, 5) is 8.02. The van der Waals surface area contributed by atoms with Crippen LogP contribution in [-0.2, 0) is 6.54 Å². The van der Waals surface area contributed by atoms with Gasteiger partial charge in [0.25, 0.3) is 0 Å². The molecule has 0 spiro atoms. The lowest BCUT2D eigenvalue weighted by Gasteiger charge is -2.09. The van der Waals surface area contributed by atoms with Gasteiger partial charge >= 0.3 is 0 Å². The van der Waals surface area contributed by atoms with Gasteiger partial charge in [0, 0.05) is 30.2 Å². The van der Waals surface area contributed by atoms with Crippen molar-refractivity contribution in [1.29, 1.82) is 5.26 Å². The second kappa shape index (κ2) is 5.64. The Morgan fingerprint density at radius 2 is 2.22 bits per heavy atom. The van der Waals surface area contributed by atoms with Crippen LogP contribution in [0.5, 0.6) is 5.88 Å². The van der Waals surface area contributed by atoms with E-state index in [1.54, 1.807) is 25.6 Å². The van der Waals surface area contributed by atoms with Crippen molar-refractivity contribution >= 4 is 5.69 Å². The first kappa shape index (κ1) is 11.9. The summed E-state index contributed by atoms with van der Waals surface area (Å²) >= 11 is 0. The zero-order valence-electron chi connectivity index (χ0n) is 9.92. The van der Waals surface area contributed by atoms with Gasteiger partial charge in [-0.05, 0) is 18.2 Å². The van der Waals surface area contributed by atoms with Crippen LogP contribution in [0.4, 0.5) is 5.69 Å². The van der Waals surface area contributed by atoms with Crippen molar-refractivity contribution in [3.63, 3.8) is 0 Å². The molecule has 0 aliphatic rings. The van der Waals surface area contributed by atoms with E-state index < -0.39 is 0 Å². The number of nitrogens with zero attached hydrogens (tertiary/aromatic N) is 3. The number of hydrogen-bond donors (Lipinski definition) is 1. The van der Waals surface area contributed by atoms with Crippen molar-refractivity contribution in [3.8, 4) is 11.9 Å².